The Bertz CT molecular complexity index is 1320. The molecule has 3 heterocycles. The smallest absolute Gasteiger partial charge is 0.254 e. The van der Waals surface area contributed by atoms with Crippen LogP contribution in [0.3, 0.4) is 0 Å². The number of anilines is 4. The van der Waals surface area contributed by atoms with E-state index in [2.05, 4.69) is 25.6 Å². The molecule has 1 unspecified atom stereocenters. The predicted molar refractivity (Wildman–Crippen MR) is 127 cm³/mol. The van der Waals surface area contributed by atoms with Crippen molar-refractivity contribution in [2.24, 2.45) is 13.0 Å². The van der Waals surface area contributed by atoms with Crippen LogP contribution in [0, 0.1) is 5.92 Å². The predicted octanol–water partition coefficient (Wildman–Crippen LogP) is 2.10. The lowest BCUT2D eigenvalue weighted by Crippen LogP contribution is -2.24. The van der Waals surface area contributed by atoms with E-state index < -0.39 is 24.7 Å². The molecule has 2 amide bonds. The first-order valence-corrected chi connectivity index (χ1v) is 10.3. The number of aromatic nitrogens is 3. The van der Waals surface area contributed by atoms with Crippen molar-refractivity contribution >= 4 is 34.7 Å². The molecule has 2 aromatic heterocycles. The van der Waals surface area contributed by atoms with E-state index in [4.69, 9.17) is 4.11 Å². The number of benzene rings is 1. The molecule has 0 spiro atoms. The van der Waals surface area contributed by atoms with Gasteiger partial charge in [-0.1, -0.05) is 19.1 Å². The molecule has 4 N–H and O–H groups in total. The Labute approximate surface area is 195 Å². The number of carbonyl (C=O) groups excluding carboxylic acids is 2. The summed E-state index contributed by atoms with van der Waals surface area (Å²) in [5.41, 5.74) is 4.56. The van der Waals surface area contributed by atoms with Gasteiger partial charge in [-0.3, -0.25) is 14.3 Å². The number of amides is 2. The average molecular weight is 453 g/mol. The van der Waals surface area contributed by atoms with Crippen LogP contribution in [0.5, 0.6) is 0 Å². The molecule has 3 aromatic rings. The van der Waals surface area contributed by atoms with Crippen molar-refractivity contribution in [1.29, 1.82) is 0 Å². The number of aryl methyl sites for hydroxylation is 1. The van der Waals surface area contributed by atoms with E-state index in [0.29, 0.717) is 12.2 Å². The van der Waals surface area contributed by atoms with E-state index >= 15 is 0 Å². The molecule has 0 aliphatic carbocycles. The molecule has 0 saturated carbocycles. The standard InChI is InChI=1S/C23H27N7O3/c1-13(12-31)22(32)27-19-8-18(16(9-25-19)23(33)24-2)26-17-7-5-6-15-20-14(11-30(4)28-20)10-29(3)21(15)17/h5-9,11,13,31H,10,12H2,1-4H3,(H,24,33)(H2,25,26,27,32)/i2D3. The van der Waals surface area contributed by atoms with Gasteiger partial charge in [-0.15, -0.1) is 0 Å². The Hall–Kier alpha value is -3.92. The van der Waals surface area contributed by atoms with Gasteiger partial charge >= 0.3 is 0 Å². The number of pyridine rings is 1. The number of aliphatic hydroxyl groups excluding tert-OH is 1. The number of nitrogens with zero attached hydrogens (tertiary/aromatic N) is 4. The summed E-state index contributed by atoms with van der Waals surface area (Å²) < 4.78 is 23.9. The number of nitrogens with one attached hydrogen (secondary N) is 3. The largest absolute Gasteiger partial charge is 0.396 e. The van der Waals surface area contributed by atoms with Gasteiger partial charge in [-0.05, 0) is 6.07 Å². The molecule has 33 heavy (non-hydrogen) atoms. The summed E-state index contributed by atoms with van der Waals surface area (Å²) in [4.78, 5) is 31.2. The van der Waals surface area contributed by atoms with Crippen LogP contribution in [-0.2, 0) is 18.4 Å². The summed E-state index contributed by atoms with van der Waals surface area (Å²) in [5.74, 6) is -1.82. The number of hydrogen-bond acceptors (Lipinski definition) is 7. The van der Waals surface area contributed by atoms with Gasteiger partial charge < -0.3 is 26.0 Å². The summed E-state index contributed by atoms with van der Waals surface area (Å²) in [7, 11) is 3.80. The lowest BCUT2D eigenvalue weighted by Gasteiger charge is -2.29. The van der Waals surface area contributed by atoms with E-state index in [1.165, 1.54) is 12.3 Å². The van der Waals surface area contributed by atoms with Crippen molar-refractivity contribution in [2.75, 3.05) is 36.2 Å². The second kappa shape index (κ2) is 8.91. The van der Waals surface area contributed by atoms with Crippen LogP contribution in [0.15, 0.2) is 36.7 Å². The lowest BCUT2D eigenvalue weighted by molar-refractivity contribution is -0.120. The number of rotatable bonds is 6. The normalized spacial score (nSPS) is 14.8. The van der Waals surface area contributed by atoms with E-state index in [0.717, 1.165) is 22.5 Å². The first-order valence-electron chi connectivity index (χ1n) is 11.8. The number of hydrogen-bond donors (Lipinski definition) is 4. The monoisotopic (exact) mass is 452 g/mol. The van der Waals surface area contributed by atoms with Gasteiger partial charge in [0, 0.05) is 61.3 Å². The minimum absolute atomic E-state index is 0.0195. The van der Waals surface area contributed by atoms with E-state index in [-0.39, 0.29) is 23.7 Å². The van der Waals surface area contributed by atoms with Gasteiger partial charge in [0.2, 0.25) is 5.91 Å². The maximum absolute atomic E-state index is 12.8. The molecule has 10 heteroatoms. The van der Waals surface area contributed by atoms with Crippen molar-refractivity contribution in [1.82, 2.24) is 20.1 Å². The molecule has 0 bridgehead atoms. The van der Waals surface area contributed by atoms with Crippen LogP contribution in [0.4, 0.5) is 22.9 Å². The molecule has 1 atom stereocenters. The fourth-order valence-electron chi connectivity index (χ4n) is 3.81. The van der Waals surface area contributed by atoms with E-state index in [1.807, 2.05) is 43.8 Å². The third-order valence-corrected chi connectivity index (χ3v) is 5.49. The lowest BCUT2D eigenvalue weighted by atomic mass is 9.99. The number of carbonyl (C=O) groups is 2. The highest BCUT2D eigenvalue weighted by Gasteiger charge is 2.26. The third kappa shape index (κ3) is 4.24. The molecule has 0 fully saturated rings. The van der Waals surface area contributed by atoms with Crippen molar-refractivity contribution in [3.05, 3.63) is 47.8 Å². The van der Waals surface area contributed by atoms with Crippen LogP contribution in [0.2, 0.25) is 0 Å². The van der Waals surface area contributed by atoms with Crippen molar-refractivity contribution in [3.63, 3.8) is 0 Å². The maximum Gasteiger partial charge on any atom is 0.254 e. The van der Waals surface area contributed by atoms with Crippen molar-refractivity contribution in [2.45, 2.75) is 13.5 Å². The average Bonchev–Trinajstić information content (AvgIpc) is 3.17. The fourth-order valence-corrected chi connectivity index (χ4v) is 3.81. The minimum Gasteiger partial charge on any atom is -0.396 e. The zero-order chi connectivity index (χ0) is 26.2. The second-order valence-electron chi connectivity index (χ2n) is 8.00. The summed E-state index contributed by atoms with van der Waals surface area (Å²) in [5, 5.41) is 21.7. The molecule has 1 aromatic carbocycles. The Kier molecular flexibility index (Phi) is 5.03. The van der Waals surface area contributed by atoms with Crippen LogP contribution in [0.25, 0.3) is 11.3 Å². The van der Waals surface area contributed by atoms with Gasteiger partial charge in [0.15, 0.2) is 0 Å². The Balaban J connectivity index is 1.76. The van der Waals surface area contributed by atoms with Crippen LogP contribution < -0.4 is 20.9 Å². The van der Waals surface area contributed by atoms with Crippen molar-refractivity contribution < 1.29 is 18.8 Å². The second-order valence-corrected chi connectivity index (χ2v) is 8.00. The van der Waals surface area contributed by atoms with Gasteiger partial charge in [-0.25, -0.2) is 4.98 Å². The summed E-state index contributed by atoms with van der Waals surface area (Å²) in [6.07, 6.45) is 3.16. The highest BCUT2D eigenvalue weighted by atomic mass is 16.3. The maximum atomic E-state index is 12.8. The number of para-hydroxylation sites is 1. The van der Waals surface area contributed by atoms with E-state index in [9.17, 15) is 14.7 Å². The Morgan fingerprint density at radius 3 is 2.88 bits per heavy atom. The molecule has 4 rings (SSSR count). The fraction of sp³-hybridized carbons (Fsp3) is 0.304. The van der Waals surface area contributed by atoms with E-state index in [1.54, 1.807) is 11.6 Å². The van der Waals surface area contributed by atoms with Crippen LogP contribution in [-0.4, -0.2) is 52.3 Å². The minimum atomic E-state index is -2.70. The molecular weight excluding hydrogens is 422 g/mol. The van der Waals surface area contributed by atoms with Gasteiger partial charge in [0.25, 0.3) is 5.91 Å². The van der Waals surface area contributed by atoms with Crippen LogP contribution >= 0.6 is 0 Å². The van der Waals surface area contributed by atoms with Gasteiger partial charge in [0.05, 0.1) is 40.8 Å². The summed E-state index contributed by atoms with van der Waals surface area (Å²) in [6.45, 7) is -0.851. The molecular formula is C23H27N7O3. The van der Waals surface area contributed by atoms with Crippen LogP contribution in [0.1, 0.15) is 27.0 Å². The first-order chi connectivity index (χ1) is 17.0. The summed E-state index contributed by atoms with van der Waals surface area (Å²) in [6, 6.07) is 7.10. The molecule has 0 saturated heterocycles. The molecule has 0 radical (unpaired) electrons. The number of aliphatic hydroxyl groups is 1. The summed E-state index contributed by atoms with van der Waals surface area (Å²) >= 11 is 0. The Morgan fingerprint density at radius 1 is 1.30 bits per heavy atom. The topological polar surface area (TPSA) is 124 Å². The zero-order valence-electron chi connectivity index (χ0n) is 21.5. The quantitative estimate of drug-likeness (QED) is 0.451. The van der Waals surface area contributed by atoms with Gasteiger partial charge in [0.1, 0.15) is 5.82 Å². The highest BCUT2D eigenvalue weighted by Crippen LogP contribution is 2.43. The first kappa shape index (κ1) is 18.6. The molecule has 10 nitrogen and oxygen atoms in total. The zero-order valence-corrected chi connectivity index (χ0v) is 18.5. The highest BCUT2D eigenvalue weighted by molar-refractivity contribution is 6.02. The molecule has 1 aliphatic rings. The van der Waals surface area contributed by atoms with Gasteiger partial charge in [-0.2, -0.15) is 5.10 Å². The molecule has 1 aliphatic heterocycles. The Morgan fingerprint density at radius 2 is 2.12 bits per heavy atom. The molecule has 172 valence electrons. The van der Waals surface area contributed by atoms with Crippen molar-refractivity contribution in [3.8, 4) is 11.3 Å². The SMILES string of the molecule is [2H]C([2H])([2H])NC(=O)c1cnc(NC(=O)C(C)CO)cc1Nc1cccc2c1N(C)Cc1cn(C)nc1-2. The number of fused-ring (bicyclic) bond motifs is 3. The third-order valence-electron chi connectivity index (χ3n) is 5.49.